The predicted molar refractivity (Wildman–Crippen MR) is 256 cm³/mol. The van der Waals surface area contributed by atoms with E-state index in [-0.39, 0.29) is 31.1 Å². The molecule has 311 valence electrons. The van der Waals surface area contributed by atoms with Gasteiger partial charge in [0.2, 0.25) is 0 Å². The molecule has 0 bridgehead atoms. The summed E-state index contributed by atoms with van der Waals surface area (Å²) in [6.45, 7) is 16.9. The van der Waals surface area contributed by atoms with Crippen LogP contribution < -0.4 is 5.19 Å². The molecule has 3 aromatic heterocycles. The molecule has 0 saturated heterocycles. The van der Waals surface area contributed by atoms with Gasteiger partial charge in [-0.05, 0) is 57.4 Å². The van der Waals surface area contributed by atoms with E-state index >= 15 is 0 Å². The first-order valence-corrected chi connectivity index (χ1v) is 24.1. The van der Waals surface area contributed by atoms with Gasteiger partial charge in [0.05, 0.1) is 36.2 Å². The van der Waals surface area contributed by atoms with Crippen LogP contribution in [0.4, 0.5) is 0 Å². The molecular weight excluding hydrogens is 939 g/mol. The third-order valence-electron chi connectivity index (χ3n) is 10.6. The number of hydrogen-bond acceptors (Lipinski definition) is 3. The molecule has 0 saturated carbocycles. The van der Waals surface area contributed by atoms with E-state index in [4.69, 9.17) is 16.3 Å². The number of imidazole rings is 1. The predicted octanol–water partition coefficient (Wildman–Crippen LogP) is 14.3. The van der Waals surface area contributed by atoms with E-state index in [2.05, 4.69) is 147 Å². The summed E-state index contributed by atoms with van der Waals surface area (Å²) in [5, 5.41) is 3.17. The van der Waals surface area contributed by atoms with E-state index < -0.39 is 26.7 Å². The zero-order chi connectivity index (χ0) is 46.7. The third-order valence-corrected chi connectivity index (χ3v) is 12.6. The Kier molecular flexibility index (Phi) is 10.5. The molecule has 0 N–H and O–H groups in total. The number of aromatic nitrogens is 3. The molecule has 6 aromatic carbocycles. The van der Waals surface area contributed by atoms with Crippen molar-refractivity contribution in [1.82, 2.24) is 14.5 Å². The van der Waals surface area contributed by atoms with E-state index in [9.17, 15) is 0 Å². The number of hydrogen-bond donors (Lipinski definition) is 0. The van der Waals surface area contributed by atoms with Gasteiger partial charge < -0.3 is 14.0 Å². The van der Waals surface area contributed by atoms with E-state index in [0.717, 1.165) is 55.2 Å². The fourth-order valence-corrected chi connectivity index (χ4v) is 9.20. The summed E-state index contributed by atoms with van der Waals surface area (Å²) in [6, 6.07) is 50.9. The largest absolute Gasteiger partial charge is 0.501 e. The van der Waals surface area contributed by atoms with Gasteiger partial charge in [-0.2, -0.15) is 0 Å². The Hall–Kier alpha value is -5.39. The van der Waals surface area contributed by atoms with Gasteiger partial charge in [-0.15, -0.1) is 53.6 Å². The average Bonchev–Trinajstić information content (AvgIpc) is 3.84. The number of rotatable bonds is 6. The molecule has 0 aliphatic heterocycles. The Labute approximate surface area is 383 Å². The van der Waals surface area contributed by atoms with E-state index in [1.54, 1.807) is 18.3 Å². The van der Waals surface area contributed by atoms with Crippen LogP contribution in [-0.4, -0.2) is 22.6 Å². The summed E-state index contributed by atoms with van der Waals surface area (Å²) in [5.74, 6) is 0.824. The maximum Gasteiger partial charge on any atom is 0.120 e. The molecule has 0 aliphatic carbocycles. The van der Waals surface area contributed by atoms with Crippen molar-refractivity contribution in [1.29, 1.82) is 0 Å². The van der Waals surface area contributed by atoms with Crippen molar-refractivity contribution in [2.75, 3.05) is 0 Å². The molecule has 1 radical (unpaired) electrons. The second-order valence-electron chi connectivity index (χ2n) is 18.5. The van der Waals surface area contributed by atoms with Crippen LogP contribution in [0, 0.1) is 24.4 Å². The molecule has 9 rings (SSSR count). The molecule has 9 aromatic rings. The molecule has 0 aliphatic rings. The van der Waals surface area contributed by atoms with Gasteiger partial charge in [0, 0.05) is 44.1 Å². The second-order valence-corrected chi connectivity index (χ2v) is 23.5. The summed E-state index contributed by atoms with van der Waals surface area (Å²) >= 11 is 0. The van der Waals surface area contributed by atoms with E-state index in [1.807, 2.05) is 51.1 Å². The molecule has 0 fully saturated rings. The number of fused-ring (bicyclic) bond motifs is 4. The van der Waals surface area contributed by atoms with Crippen LogP contribution in [-0.2, 0) is 31.9 Å². The summed E-state index contributed by atoms with van der Waals surface area (Å²) in [4.78, 5) is 9.77. The second kappa shape index (κ2) is 17.2. The molecule has 3 heterocycles. The van der Waals surface area contributed by atoms with Crippen LogP contribution in [0.1, 0.15) is 65.1 Å². The van der Waals surface area contributed by atoms with Gasteiger partial charge >= 0.3 is 0 Å². The van der Waals surface area contributed by atoms with Gasteiger partial charge in [0.15, 0.2) is 0 Å². The standard InChI is InChI=1S/C35H27N2O.C20H28NSi.Ir/c1-35(2,3)28-19-12-16-24(23-13-5-4-6-14-23)32(28)37-30-21-9-8-20-29(30)36-34(37)27-18-11-17-26-25-15-7-10-22-31(25)38-33(26)27;1-15-8-10-16(11-9-15)18-12-17(13-20(2,3)4)19(14-21-18)22(5,6)7;/h4-17,19-22H,1-3H3;8-10,12,14H,13H2,1-7H3;/q2*-1;/i;1D3,13D2;. The Balaban J connectivity index is 0.000000206. The smallest absolute Gasteiger partial charge is 0.120 e. The Morgan fingerprint density at radius 2 is 1.52 bits per heavy atom. The van der Waals surface area contributed by atoms with Crippen molar-refractivity contribution in [3.63, 3.8) is 0 Å². The SMILES string of the molecule is CC(C)(C)c1cccc(-c2ccccc2)c1-n1c(-c2[c-]ccc3c2oc2ccccc23)nc2ccccc21.[2H]C([2H])([2H])c1c[c-]c(-c2cc(C([2H])([2H])C(C)(C)C)c([Si](C)(C)C)cn2)cc1.[Ir]. The van der Waals surface area contributed by atoms with Crippen molar-refractivity contribution >= 4 is 46.2 Å². The molecule has 0 amide bonds. The number of aryl methyl sites for hydroxylation is 1. The van der Waals surface area contributed by atoms with Gasteiger partial charge in [0.1, 0.15) is 5.58 Å². The molecule has 61 heavy (non-hydrogen) atoms. The zero-order valence-electron chi connectivity index (χ0n) is 41.4. The minimum Gasteiger partial charge on any atom is -0.501 e. The normalized spacial score (nSPS) is 13.7. The summed E-state index contributed by atoms with van der Waals surface area (Å²) in [7, 11) is -1.81. The van der Waals surface area contributed by atoms with Crippen LogP contribution in [0.15, 0.2) is 144 Å². The van der Waals surface area contributed by atoms with E-state index in [0.29, 0.717) is 16.8 Å². The Morgan fingerprint density at radius 1 is 0.787 bits per heavy atom. The number of benzene rings is 6. The first-order chi connectivity index (χ1) is 30.6. The zero-order valence-corrected chi connectivity index (χ0v) is 39.8. The van der Waals surface area contributed by atoms with Crippen molar-refractivity contribution in [2.45, 2.75) is 79.8 Å². The van der Waals surface area contributed by atoms with Crippen LogP contribution in [0.25, 0.3) is 72.4 Å². The monoisotopic (exact) mass is 999 g/mol. The average molecular weight is 999 g/mol. The molecule has 0 atom stereocenters. The van der Waals surface area contributed by atoms with Crippen LogP contribution >= 0.6 is 0 Å². The van der Waals surface area contributed by atoms with Crippen LogP contribution in [0.5, 0.6) is 0 Å². The maximum absolute atomic E-state index is 8.79. The van der Waals surface area contributed by atoms with Crippen molar-refractivity contribution in [3.05, 3.63) is 168 Å². The number of nitrogens with zero attached hydrogens (tertiary/aromatic N) is 3. The van der Waals surface area contributed by atoms with Gasteiger partial charge in [-0.1, -0.05) is 169 Å². The summed E-state index contributed by atoms with van der Waals surface area (Å²) < 4.78 is 48.8. The topological polar surface area (TPSA) is 43.9 Å². The quantitative estimate of drug-likeness (QED) is 0.123. The van der Waals surface area contributed by atoms with Crippen molar-refractivity contribution < 1.29 is 31.4 Å². The summed E-state index contributed by atoms with van der Waals surface area (Å²) in [5.41, 5.74) is 10.7. The van der Waals surface area contributed by atoms with Gasteiger partial charge in [0.25, 0.3) is 0 Å². The van der Waals surface area contributed by atoms with Crippen molar-refractivity contribution in [2.24, 2.45) is 5.41 Å². The molecule has 6 heteroatoms. The number of para-hydroxylation sites is 4. The number of pyridine rings is 1. The minimum absolute atomic E-state index is 0. The fourth-order valence-electron chi connectivity index (χ4n) is 7.81. The molecule has 0 unspecified atom stereocenters. The molecule has 4 nitrogen and oxygen atoms in total. The summed E-state index contributed by atoms with van der Waals surface area (Å²) in [6.07, 6.45) is 0.269. The fraction of sp³-hybridized carbons (Fsp3) is 0.236. The number of furan rings is 1. The van der Waals surface area contributed by atoms with Gasteiger partial charge in [-0.3, -0.25) is 4.98 Å². The van der Waals surface area contributed by atoms with E-state index in [1.165, 1.54) is 22.8 Å². The molecular formula is C55H55IrN3OSi-2. The minimum atomic E-state index is -2.17. The van der Waals surface area contributed by atoms with Crippen molar-refractivity contribution in [3.8, 4) is 39.5 Å². The first kappa shape index (κ1) is 37.4. The van der Waals surface area contributed by atoms with Gasteiger partial charge in [-0.25, -0.2) is 0 Å². The van der Waals surface area contributed by atoms with Crippen LogP contribution in [0.2, 0.25) is 19.6 Å². The van der Waals surface area contributed by atoms with Crippen LogP contribution in [0.3, 0.4) is 0 Å². The third kappa shape index (κ3) is 9.14. The maximum atomic E-state index is 8.79. The Morgan fingerprint density at radius 3 is 2.23 bits per heavy atom. The molecule has 0 spiro atoms. The Bertz CT molecular complexity index is 3170. The first-order valence-electron chi connectivity index (χ1n) is 23.1.